The van der Waals surface area contributed by atoms with Gasteiger partial charge in [0.25, 0.3) is 5.78 Å². The number of fused-ring (bicyclic) bond motifs is 2. The average molecular weight is 286 g/mol. The molecule has 2 aromatic rings. The largest absolute Gasteiger partial charge is 0.355 e. The van der Waals surface area contributed by atoms with Crippen LogP contribution in [0, 0.1) is 25.2 Å². The first-order valence-corrected chi connectivity index (χ1v) is 7.77. The Morgan fingerprint density at radius 2 is 2.24 bits per heavy atom. The Kier molecular flexibility index (Phi) is 2.73. The molecule has 6 nitrogen and oxygen atoms in total. The van der Waals surface area contributed by atoms with Crippen molar-refractivity contribution in [2.45, 2.75) is 33.1 Å². The normalized spacial score (nSPS) is 28.5. The molecule has 4 rings (SSSR count). The molecule has 2 aromatic heterocycles. The van der Waals surface area contributed by atoms with Gasteiger partial charge in [-0.15, -0.1) is 5.10 Å². The fourth-order valence-electron chi connectivity index (χ4n) is 4.22. The summed E-state index contributed by atoms with van der Waals surface area (Å²) in [6.45, 7) is 6.83. The van der Waals surface area contributed by atoms with Gasteiger partial charge in [-0.3, -0.25) is 0 Å². The maximum absolute atomic E-state index is 6.12. The molecule has 0 aromatic carbocycles. The van der Waals surface area contributed by atoms with Crippen LogP contribution in [0.4, 0.5) is 5.82 Å². The van der Waals surface area contributed by atoms with Gasteiger partial charge >= 0.3 is 0 Å². The van der Waals surface area contributed by atoms with Crippen LogP contribution in [0.25, 0.3) is 5.78 Å². The van der Waals surface area contributed by atoms with E-state index >= 15 is 0 Å². The van der Waals surface area contributed by atoms with Gasteiger partial charge in [0.1, 0.15) is 11.6 Å². The molecule has 3 heterocycles. The van der Waals surface area contributed by atoms with Crippen molar-refractivity contribution >= 4 is 11.6 Å². The molecule has 1 aliphatic heterocycles. The lowest BCUT2D eigenvalue weighted by atomic mass is 9.81. The Bertz CT molecular complexity index is 693. The first kappa shape index (κ1) is 13.0. The number of anilines is 1. The van der Waals surface area contributed by atoms with Crippen molar-refractivity contribution in [1.29, 1.82) is 0 Å². The third-order valence-corrected chi connectivity index (χ3v) is 5.30. The van der Waals surface area contributed by atoms with Crippen molar-refractivity contribution < 1.29 is 0 Å². The van der Waals surface area contributed by atoms with Crippen molar-refractivity contribution in [3.8, 4) is 0 Å². The van der Waals surface area contributed by atoms with Gasteiger partial charge in [-0.05, 0) is 39.2 Å². The van der Waals surface area contributed by atoms with E-state index in [2.05, 4.69) is 26.0 Å². The molecule has 0 unspecified atom stereocenters. The van der Waals surface area contributed by atoms with Crippen molar-refractivity contribution in [2.75, 3.05) is 24.5 Å². The maximum atomic E-state index is 6.12. The SMILES string of the molecule is Cc1cc(N2C[C@@H]3CCC[C@]3(CN)C2)n2nc(C)nc2n1. The van der Waals surface area contributed by atoms with Crippen LogP contribution >= 0.6 is 0 Å². The van der Waals surface area contributed by atoms with E-state index in [0.717, 1.165) is 42.9 Å². The fraction of sp³-hybridized carbons (Fsp3) is 0.667. The van der Waals surface area contributed by atoms with Crippen LogP contribution in [-0.2, 0) is 0 Å². The third kappa shape index (κ3) is 1.85. The van der Waals surface area contributed by atoms with Gasteiger partial charge in [-0.1, -0.05) is 6.42 Å². The second-order valence-electron chi connectivity index (χ2n) is 6.66. The summed E-state index contributed by atoms with van der Waals surface area (Å²) in [7, 11) is 0. The van der Waals surface area contributed by atoms with E-state index in [1.54, 1.807) is 0 Å². The molecule has 1 saturated carbocycles. The van der Waals surface area contributed by atoms with E-state index in [0.29, 0.717) is 11.2 Å². The highest BCUT2D eigenvalue weighted by atomic mass is 15.4. The molecule has 0 bridgehead atoms. The zero-order valence-corrected chi connectivity index (χ0v) is 12.7. The highest BCUT2D eigenvalue weighted by Gasteiger charge is 2.48. The van der Waals surface area contributed by atoms with Gasteiger partial charge in [0.15, 0.2) is 0 Å². The Hall–Kier alpha value is -1.69. The summed E-state index contributed by atoms with van der Waals surface area (Å²) in [5.74, 6) is 3.29. The molecular formula is C15H22N6. The molecule has 21 heavy (non-hydrogen) atoms. The smallest absolute Gasteiger partial charge is 0.254 e. The Morgan fingerprint density at radius 3 is 3.00 bits per heavy atom. The number of nitrogens with zero attached hydrogens (tertiary/aromatic N) is 5. The summed E-state index contributed by atoms with van der Waals surface area (Å²) in [5, 5.41) is 4.51. The molecule has 0 radical (unpaired) electrons. The molecule has 1 saturated heterocycles. The quantitative estimate of drug-likeness (QED) is 0.901. The minimum absolute atomic E-state index is 0.305. The van der Waals surface area contributed by atoms with E-state index < -0.39 is 0 Å². The van der Waals surface area contributed by atoms with Crippen molar-refractivity contribution in [1.82, 2.24) is 19.6 Å². The van der Waals surface area contributed by atoms with E-state index in [4.69, 9.17) is 5.73 Å². The van der Waals surface area contributed by atoms with Gasteiger partial charge in [0.05, 0.1) is 0 Å². The highest BCUT2D eigenvalue weighted by molar-refractivity contribution is 5.49. The van der Waals surface area contributed by atoms with Gasteiger partial charge in [0.2, 0.25) is 0 Å². The van der Waals surface area contributed by atoms with Gasteiger partial charge in [-0.2, -0.15) is 9.50 Å². The summed E-state index contributed by atoms with van der Waals surface area (Å²) in [4.78, 5) is 11.3. The highest BCUT2D eigenvalue weighted by Crippen LogP contribution is 2.48. The molecule has 0 amide bonds. The molecule has 112 valence electrons. The van der Waals surface area contributed by atoms with Crippen LogP contribution in [0.2, 0.25) is 0 Å². The first-order valence-electron chi connectivity index (χ1n) is 7.77. The molecule has 2 N–H and O–H groups in total. The van der Waals surface area contributed by atoms with E-state index in [1.165, 1.54) is 19.3 Å². The van der Waals surface area contributed by atoms with Crippen molar-refractivity contribution in [3.05, 3.63) is 17.6 Å². The van der Waals surface area contributed by atoms with Crippen LogP contribution in [0.15, 0.2) is 6.07 Å². The van der Waals surface area contributed by atoms with Crippen LogP contribution in [0.5, 0.6) is 0 Å². The number of hydrogen-bond donors (Lipinski definition) is 1. The second-order valence-corrected chi connectivity index (χ2v) is 6.66. The standard InChI is InChI=1S/C15H22N6/c1-10-6-13(21-14(17-10)18-11(2)19-21)20-7-12-4-3-5-15(12,8-16)9-20/h6,12H,3-5,7-9,16H2,1-2H3/t12-,15-/m0/s1. The average Bonchev–Trinajstić information content (AvgIpc) is 3.07. The van der Waals surface area contributed by atoms with Gasteiger partial charge in [-0.25, -0.2) is 4.98 Å². The third-order valence-electron chi connectivity index (χ3n) is 5.30. The number of nitrogens with two attached hydrogens (primary N) is 1. The number of rotatable bonds is 2. The van der Waals surface area contributed by atoms with Crippen LogP contribution in [0.3, 0.4) is 0 Å². The van der Waals surface area contributed by atoms with E-state index in [1.807, 2.05) is 18.4 Å². The summed E-state index contributed by atoms with van der Waals surface area (Å²) >= 11 is 0. The lowest BCUT2D eigenvalue weighted by molar-refractivity contribution is 0.282. The summed E-state index contributed by atoms with van der Waals surface area (Å²) < 4.78 is 1.88. The summed E-state index contributed by atoms with van der Waals surface area (Å²) in [5.41, 5.74) is 7.42. The van der Waals surface area contributed by atoms with Crippen LogP contribution in [0.1, 0.15) is 30.8 Å². The minimum atomic E-state index is 0.305. The molecule has 2 aliphatic rings. The van der Waals surface area contributed by atoms with E-state index in [9.17, 15) is 0 Å². The lowest BCUT2D eigenvalue weighted by Gasteiger charge is -2.27. The number of hydrogen-bond acceptors (Lipinski definition) is 5. The van der Waals surface area contributed by atoms with Crippen molar-refractivity contribution in [3.63, 3.8) is 0 Å². The van der Waals surface area contributed by atoms with Crippen LogP contribution in [-0.4, -0.2) is 39.2 Å². The Balaban J connectivity index is 1.78. The predicted molar refractivity (Wildman–Crippen MR) is 81.3 cm³/mol. The summed E-state index contributed by atoms with van der Waals surface area (Å²) in [6.07, 6.45) is 3.88. The lowest BCUT2D eigenvalue weighted by Crippen LogP contribution is -2.35. The number of aryl methyl sites for hydroxylation is 2. The molecule has 6 heteroatoms. The van der Waals surface area contributed by atoms with E-state index in [-0.39, 0.29) is 0 Å². The topological polar surface area (TPSA) is 72.3 Å². The minimum Gasteiger partial charge on any atom is -0.355 e. The second kappa shape index (κ2) is 4.40. The van der Waals surface area contributed by atoms with Crippen molar-refractivity contribution in [2.24, 2.45) is 17.1 Å². The predicted octanol–water partition coefficient (Wildman–Crippen LogP) is 1.31. The zero-order chi connectivity index (χ0) is 14.6. The summed E-state index contributed by atoms with van der Waals surface area (Å²) in [6, 6.07) is 2.12. The monoisotopic (exact) mass is 286 g/mol. The number of aromatic nitrogens is 4. The maximum Gasteiger partial charge on any atom is 0.254 e. The molecular weight excluding hydrogens is 264 g/mol. The Labute approximate surface area is 124 Å². The van der Waals surface area contributed by atoms with Gasteiger partial charge < -0.3 is 10.6 Å². The Morgan fingerprint density at radius 1 is 1.38 bits per heavy atom. The molecule has 0 spiro atoms. The van der Waals surface area contributed by atoms with Crippen LogP contribution < -0.4 is 10.6 Å². The fourth-order valence-corrected chi connectivity index (χ4v) is 4.22. The zero-order valence-electron chi connectivity index (χ0n) is 12.7. The first-order chi connectivity index (χ1) is 10.1. The molecule has 2 fully saturated rings. The molecule has 2 atom stereocenters. The molecule has 1 aliphatic carbocycles. The van der Waals surface area contributed by atoms with Gasteiger partial charge in [0, 0.05) is 30.3 Å².